The number of amides is 2. The second-order valence-electron chi connectivity index (χ2n) is 8.39. The van der Waals surface area contributed by atoms with Gasteiger partial charge in [-0.05, 0) is 68.7 Å². The smallest absolute Gasteiger partial charge is 0.322 e. The summed E-state index contributed by atoms with van der Waals surface area (Å²) in [5.74, 6) is -0.00610. The lowest BCUT2D eigenvalue weighted by Gasteiger charge is -2.22. The van der Waals surface area contributed by atoms with Gasteiger partial charge in [0.15, 0.2) is 0 Å². The predicted octanol–water partition coefficient (Wildman–Crippen LogP) is 4.75. The molecule has 7 nitrogen and oxygen atoms in total. The number of anilines is 2. The van der Waals surface area contributed by atoms with Crippen molar-refractivity contribution in [2.45, 2.75) is 40.5 Å². The molecule has 0 spiro atoms. The molecule has 0 aliphatic carbocycles. The molecule has 33 heavy (non-hydrogen) atoms. The van der Waals surface area contributed by atoms with E-state index in [9.17, 15) is 9.59 Å². The first-order valence-corrected chi connectivity index (χ1v) is 11.1. The Labute approximate surface area is 193 Å². The van der Waals surface area contributed by atoms with Crippen LogP contribution in [0.5, 0.6) is 11.8 Å². The lowest BCUT2D eigenvalue weighted by Crippen LogP contribution is -2.29. The van der Waals surface area contributed by atoms with Crippen molar-refractivity contribution in [3.63, 3.8) is 0 Å². The van der Waals surface area contributed by atoms with Crippen LogP contribution in [-0.4, -0.2) is 28.3 Å². The normalized spacial score (nSPS) is 15.6. The van der Waals surface area contributed by atoms with Gasteiger partial charge in [-0.3, -0.25) is 9.59 Å². The molecule has 0 bridgehead atoms. The van der Waals surface area contributed by atoms with Gasteiger partial charge in [-0.1, -0.05) is 25.1 Å². The summed E-state index contributed by atoms with van der Waals surface area (Å²) in [5.41, 5.74) is 5.41. The number of nitrogens with zero attached hydrogens (tertiary/aromatic N) is 3. The third-order valence-electron chi connectivity index (χ3n) is 5.76. The van der Waals surface area contributed by atoms with Gasteiger partial charge >= 0.3 is 6.01 Å². The van der Waals surface area contributed by atoms with Crippen molar-refractivity contribution >= 4 is 23.2 Å². The SMILES string of the molecule is CCc1cccc(C)c1N1CC(C(=O)Nc2ccc(Oc3nc(C)cc(C)n3)cc2)CC1=O. The fourth-order valence-corrected chi connectivity index (χ4v) is 4.19. The summed E-state index contributed by atoms with van der Waals surface area (Å²) < 4.78 is 5.72. The summed E-state index contributed by atoms with van der Waals surface area (Å²) in [6.07, 6.45) is 1.04. The zero-order valence-electron chi connectivity index (χ0n) is 19.4. The van der Waals surface area contributed by atoms with Crippen LogP contribution in [0.1, 0.15) is 35.9 Å². The Morgan fingerprint density at radius 2 is 1.79 bits per heavy atom. The van der Waals surface area contributed by atoms with E-state index in [0.29, 0.717) is 18.0 Å². The van der Waals surface area contributed by atoms with Crippen LogP contribution in [0.3, 0.4) is 0 Å². The largest absolute Gasteiger partial charge is 0.424 e. The van der Waals surface area contributed by atoms with E-state index in [2.05, 4.69) is 22.2 Å². The number of nitrogens with one attached hydrogen (secondary N) is 1. The molecular formula is C26H28N4O3. The number of hydrogen-bond donors (Lipinski definition) is 1. The first-order chi connectivity index (χ1) is 15.8. The van der Waals surface area contributed by atoms with Crippen molar-refractivity contribution in [2.24, 2.45) is 5.92 Å². The predicted molar refractivity (Wildman–Crippen MR) is 128 cm³/mol. The molecule has 1 fully saturated rings. The fourth-order valence-electron chi connectivity index (χ4n) is 4.19. The first-order valence-electron chi connectivity index (χ1n) is 11.1. The summed E-state index contributed by atoms with van der Waals surface area (Å²) in [7, 11) is 0. The lowest BCUT2D eigenvalue weighted by molar-refractivity contribution is -0.122. The van der Waals surface area contributed by atoms with Crippen molar-refractivity contribution in [3.8, 4) is 11.8 Å². The molecule has 4 rings (SSSR count). The molecule has 0 saturated carbocycles. The van der Waals surface area contributed by atoms with E-state index < -0.39 is 5.92 Å². The highest BCUT2D eigenvalue weighted by molar-refractivity contribution is 6.04. The van der Waals surface area contributed by atoms with Gasteiger partial charge in [0.05, 0.1) is 5.92 Å². The molecule has 0 radical (unpaired) electrons. The van der Waals surface area contributed by atoms with Crippen LogP contribution in [0.15, 0.2) is 48.5 Å². The highest BCUT2D eigenvalue weighted by atomic mass is 16.5. The Balaban J connectivity index is 1.41. The summed E-state index contributed by atoms with van der Waals surface area (Å²) in [4.78, 5) is 35.9. The van der Waals surface area contributed by atoms with Gasteiger partial charge in [0.2, 0.25) is 11.8 Å². The standard InChI is InChI=1S/C26H28N4O3/c1-5-19-8-6-7-16(2)24(19)30-15-20(14-23(30)31)25(32)29-21-9-11-22(12-10-21)33-26-27-17(3)13-18(4)28-26/h6-13,20H,5,14-15H2,1-4H3,(H,29,32). The van der Waals surface area contributed by atoms with Crippen molar-refractivity contribution in [1.29, 1.82) is 0 Å². The average molecular weight is 445 g/mol. The molecule has 1 N–H and O–H groups in total. The molecule has 170 valence electrons. The monoisotopic (exact) mass is 444 g/mol. The summed E-state index contributed by atoms with van der Waals surface area (Å²) in [6, 6.07) is 15.2. The maximum Gasteiger partial charge on any atom is 0.322 e. The molecule has 3 aromatic rings. The quantitative estimate of drug-likeness (QED) is 0.593. The van der Waals surface area contributed by atoms with Gasteiger partial charge in [-0.15, -0.1) is 0 Å². The number of carbonyl (C=O) groups is 2. The Kier molecular flexibility index (Phi) is 6.40. The zero-order valence-corrected chi connectivity index (χ0v) is 19.4. The highest BCUT2D eigenvalue weighted by Gasteiger charge is 2.36. The lowest BCUT2D eigenvalue weighted by atomic mass is 10.0. The molecule has 1 aliphatic rings. The maximum absolute atomic E-state index is 12.9. The third-order valence-corrected chi connectivity index (χ3v) is 5.76. The number of benzene rings is 2. The summed E-state index contributed by atoms with van der Waals surface area (Å²) >= 11 is 0. The van der Waals surface area contributed by atoms with Gasteiger partial charge in [-0.25, -0.2) is 9.97 Å². The molecule has 2 amide bonds. The zero-order chi connectivity index (χ0) is 23.5. The number of aryl methyl sites for hydroxylation is 4. The molecule has 7 heteroatoms. The molecule has 2 aromatic carbocycles. The Hall–Kier alpha value is -3.74. The van der Waals surface area contributed by atoms with Crippen molar-refractivity contribution in [3.05, 3.63) is 71.0 Å². The second-order valence-corrected chi connectivity index (χ2v) is 8.39. The Morgan fingerprint density at radius 1 is 1.09 bits per heavy atom. The van der Waals surface area contributed by atoms with Crippen LogP contribution in [0.2, 0.25) is 0 Å². The van der Waals surface area contributed by atoms with Crippen LogP contribution >= 0.6 is 0 Å². The molecule has 1 aliphatic heterocycles. The van der Waals surface area contributed by atoms with Crippen molar-refractivity contribution in [1.82, 2.24) is 9.97 Å². The molecule has 2 heterocycles. The van der Waals surface area contributed by atoms with Crippen LogP contribution < -0.4 is 15.0 Å². The Morgan fingerprint density at radius 3 is 2.45 bits per heavy atom. The van der Waals surface area contributed by atoms with Crippen LogP contribution in [0, 0.1) is 26.7 Å². The van der Waals surface area contributed by atoms with E-state index in [-0.39, 0.29) is 24.2 Å². The van der Waals surface area contributed by atoms with Crippen molar-refractivity contribution < 1.29 is 14.3 Å². The number of aromatic nitrogens is 2. The van der Waals surface area contributed by atoms with Crippen LogP contribution in [0.25, 0.3) is 0 Å². The van der Waals surface area contributed by atoms with Gasteiger partial charge in [0.25, 0.3) is 0 Å². The minimum atomic E-state index is -0.401. The van der Waals surface area contributed by atoms with Crippen LogP contribution in [-0.2, 0) is 16.0 Å². The highest BCUT2D eigenvalue weighted by Crippen LogP contribution is 2.32. The number of rotatable bonds is 6. The second kappa shape index (κ2) is 9.40. The van der Waals surface area contributed by atoms with E-state index >= 15 is 0 Å². The van der Waals surface area contributed by atoms with Crippen LogP contribution in [0.4, 0.5) is 11.4 Å². The number of ether oxygens (including phenoxy) is 1. The minimum Gasteiger partial charge on any atom is -0.424 e. The average Bonchev–Trinajstić information content (AvgIpc) is 3.15. The van der Waals surface area contributed by atoms with Gasteiger partial charge in [0, 0.05) is 35.7 Å². The number of carbonyl (C=O) groups excluding carboxylic acids is 2. The van der Waals surface area contributed by atoms with E-state index in [4.69, 9.17) is 4.74 Å². The van der Waals surface area contributed by atoms with Gasteiger partial charge in [0.1, 0.15) is 5.75 Å². The first kappa shape index (κ1) is 22.5. The van der Waals surface area contributed by atoms with E-state index in [1.165, 1.54) is 0 Å². The van der Waals surface area contributed by atoms with E-state index in [1.807, 2.05) is 45.0 Å². The number of hydrogen-bond acceptors (Lipinski definition) is 5. The maximum atomic E-state index is 12.9. The molecule has 1 unspecified atom stereocenters. The molecule has 1 atom stereocenters. The molecular weight excluding hydrogens is 416 g/mol. The van der Waals surface area contributed by atoms with Crippen molar-refractivity contribution in [2.75, 3.05) is 16.8 Å². The van der Waals surface area contributed by atoms with E-state index in [1.54, 1.807) is 29.2 Å². The minimum absolute atomic E-state index is 0.0173. The van der Waals surface area contributed by atoms with Gasteiger partial charge in [-0.2, -0.15) is 0 Å². The Bertz CT molecular complexity index is 1170. The number of para-hydroxylation sites is 1. The third kappa shape index (κ3) is 5.03. The molecule has 1 saturated heterocycles. The fraction of sp³-hybridized carbons (Fsp3) is 0.308. The summed E-state index contributed by atoms with van der Waals surface area (Å²) in [5, 5.41) is 2.92. The topological polar surface area (TPSA) is 84.4 Å². The molecule has 1 aromatic heterocycles. The summed E-state index contributed by atoms with van der Waals surface area (Å²) in [6.45, 7) is 8.23. The van der Waals surface area contributed by atoms with E-state index in [0.717, 1.165) is 34.6 Å². The van der Waals surface area contributed by atoms with Gasteiger partial charge < -0.3 is 15.0 Å².